The Morgan fingerprint density at radius 2 is 1.91 bits per heavy atom. The zero-order valence-electron chi connectivity index (χ0n) is 18.4. The van der Waals surface area contributed by atoms with Crippen LogP contribution in [-0.2, 0) is 0 Å². The van der Waals surface area contributed by atoms with Gasteiger partial charge in [-0.15, -0.1) is 22.7 Å². The second kappa shape index (κ2) is 8.41. The highest BCUT2D eigenvalue weighted by molar-refractivity contribution is 7.18. The molecule has 1 saturated heterocycles. The molecule has 0 atom stereocenters. The molecule has 0 radical (unpaired) electrons. The number of rotatable bonds is 3. The lowest BCUT2D eigenvalue weighted by molar-refractivity contribution is 0.0712. The highest BCUT2D eigenvalue weighted by Crippen LogP contribution is 2.34. The van der Waals surface area contributed by atoms with Gasteiger partial charge in [-0.2, -0.15) is 0 Å². The van der Waals surface area contributed by atoms with E-state index < -0.39 is 0 Å². The summed E-state index contributed by atoms with van der Waals surface area (Å²) in [4.78, 5) is 44.4. The third-order valence-corrected chi connectivity index (χ3v) is 8.52. The van der Waals surface area contributed by atoms with Gasteiger partial charge in [0.05, 0.1) is 20.7 Å². The first kappa shape index (κ1) is 21.1. The Kier molecular flexibility index (Phi) is 5.23. The largest absolute Gasteiger partial charge is 0.339 e. The molecule has 1 N–H and O–H groups in total. The van der Waals surface area contributed by atoms with Crippen LogP contribution in [0.2, 0.25) is 0 Å². The van der Waals surface area contributed by atoms with E-state index in [1.807, 2.05) is 35.4 Å². The SMILES string of the molecule is Cc1c(C(=O)N2CCC(c3nc4ccccc4s3)CC2)ccnc1-c1nc2ccsc2c(=O)[nH]1. The molecule has 1 amide bonds. The number of amides is 1. The molecule has 0 unspecified atom stereocenters. The van der Waals surface area contributed by atoms with E-state index in [-0.39, 0.29) is 11.5 Å². The van der Waals surface area contributed by atoms with Crippen LogP contribution in [0.25, 0.3) is 32.0 Å². The number of thiophene rings is 1. The smallest absolute Gasteiger partial charge is 0.269 e. The number of para-hydroxylation sites is 1. The van der Waals surface area contributed by atoms with Crippen molar-refractivity contribution < 1.29 is 4.79 Å². The van der Waals surface area contributed by atoms with E-state index in [9.17, 15) is 9.59 Å². The molecular formula is C25H21N5O2S2. The van der Waals surface area contributed by atoms with Crippen LogP contribution in [0.4, 0.5) is 0 Å². The number of carbonyl (C=O) groups is 1. The second-order valence-corrected chi connectivity index (χ2v) is 10.4. The van der Waals surface area contributed by atoms with Crippen molar-refractivity contribution in [2.45, 2.75) is 25.7 Å². The maximum Gasteiger partial charge on any atom is 0.269 e. The second-order valence-electron chi connectivity index (χ2n) is 8.47. The topological polar surface area (TPSA) is 91.8 Å². The molecule has 0 bridgehead atoms. The zero-order valence-corrected chi connectivity index (χ0v) is 20.1. The number of aromatic amines is 1. The van der Waals surface area contributed by atoms with E-state index in [0.717, 1.165) is 28.9 Å². The number of H-pyrrole nitrogens is 1. The van der Waals surface area contributed by atoms with Crippen molar-refractivity contribution in [2.75, 3.05) is 13.1 Å². The first-order valence-electron chi connectivity index (χ1n) is 11.2. The average molecular weight is 488 g/mol. The first-order valence-corrected chi connectivity index (χ1v) is 12.9. The number of aromatic nitrogens is 4. The number of nitrogens with zero attached hydrogens (tertiary/aromatic N) is 4. The molecule has 9 heteroatoms. The van der Waals surface area contributed by atoms with E-state index in [0.29, 0.717) is 46.3 Å². The molecule has 1 fully saturated rings. The van der Waals surface area contributed by atoms with Gasteiger partial charge in [-0.25, -0.2) is 9.97 Å². The minimum atomic E-state index is -0.190. The van der Waals surface area contributed by atoms with Gasteiger partial charge in [-0.1, -0.05) is 12.1 Å². The average Bonchev–Trinajstić information content (AvgIpc) is 3.51. The van der Waals surface area contributed by atoms with Crippen LogP contribution in [0.3, 0.4) is 0 Å². The van der Waals surface area contributed by atoms with Gasteiger partial charge >= 0.3 is 0 Å². The number of carbonyl (C=O) groups excluding carboxylic acids is 1. The van der Waals surface area contributed by atoms with Crippen LogP contribution in [0.1, 0.15) is 39.7 Å². The summed E-state index contributed by atoms with van der Waals surface area (Å²) in [7, 11) is 0. The van der Waals surface area contributed by atoms with Crippen LogP contribution in [0.15, 0.2) is 52.8 Å². The summed E-state index contributed by atoms with van der Waals surface area (Å²) in [6, 6.07) is 11.8. The lowest BCUT2D eigenvalue weighted by Gasteiger charge is -2.31. The number of benzene rings is 1. The van der Waals surface area contributed by atoms with Crippen molar-refractivity contribution in [1.29, 1.82) is 0 Å². The summed E-state index contributed by atoms with van der Waals surface area (Å²) in [5, 5.41) is 3.00. The molecule has 0 spiro atoms. The normalized spacial score (nSPS) is 14.8. The van der Waals surface area contributed by atoms with E-state index >= 15 is 0 Å². The van der Waals surface area contributed by atoms with Crippen molar-refractivity contribution in [3.8, 4) is 11.5 Å². The molecule has 4 aromatic heterocycles. The molecule has 34 heavy (non-hydrogen) atoms. The third kappa shape index (κ3) is 3.61. The number of pyridine rings is 1. The van der Waals surface area contributed by atoms with Crippen LogP contribution in [-0.4, -0.2) is 43.8 Å². The fourth-order valence-electron chi connectivity index (χ4n) is 4.56. The number of nitrogens with one attached hydrogen (secondary N) is 1. The number of hydrogen-bond donors (Lipinski definition) is 1. The summed E-state index contributed by atoms with van der Waals surface area (Å²) < 4.78 is 1.80. The van der Waals surface area contributed by atoms with Crippen molar-refractivity contribution >= 4 is 49.0 Å². The predicted octanol–water partition coefficient (Wildman–Crippen LogP) is 4.98. The van der Waals surface area contributed by atoms with Crippen molar-refractivity contribution in [1.82, 2.24) is 24.8 Å². The molecule has 6 rings (SSSR count). The highest BCUT2D eigenvalue weighted by atomic mass is 32.1. The Morgan fingerprint density at radius 3 is 2.74 bits per heavy atom. The minimum absolute atomic E-state index is 0.0112. The maximum atomic E-state index is 13.4. The van der Waals surface area contributed by atoms with Gasteiger partial charge in [-0.05, 0) is 55.0 Å². The number of fused-ring (bicyclic) bond motifs is 2. The summed E-state index contributed by atoms with van der Waals surface area (Å²) in [6.45, 7) is 3.24. The standard InChI is InChI=1S/C25H21N5O2S2/c1-14-16(6-10-26-20(14)22-27-18-9-13-33-21(18)23(31)29-22)25(32)30-11-7-15(8-12-30)24-28-17-4-2-3-5-19(17)34-24/h2-6,9-10,13,15H,7-8,11-12H2,1H3,(H,27,29,31). The molecular weight excluding hydrogens is 466 g/mol. The molecule has 0 saturated carbocycles. The zero-order chi connectivity index (χ0) is 23.2. The third-order valence-electron chi connectivity index (χ3n) is 6.42. The van der Waals surface area contributed by atoms with E-state index in [1.165, 1.54) is 16.0 Å². The fourth-order valence-corrected chi connectivity index (χ4v) is 6.42. The summed E-state index contributed by atoms with van der Waals surface area (Å²) in [5.41, 5.74) is 3.34. The summed E-state index contributed by atoms with van der Waals surface area (Å²) >= 11 is 3.11. The number of likely N-dealkylation sites (tertiary alicyclic amines) is 1. The Hall–Kier alpha value is -3.43. The summed E-state index contributed by atoms with van der Waals surface area (Å²) in [5.74, 6) is 0.752. The molecule has 1 aliphatic rings. The van der Waals surface area contributed by atoms with Gasteiger partial charge in [0.25, 0.3) is 11.5 Å². The van der Waals surface area contributed by atoms with Gasteiger partial charge in [0.2, 0.25) is 0 Å². The Morgan fingerprint density at radius 1 is 1.09 bits per heavy atom. The van der Waals surface area contributed by atoms with Crippen molar-refractivity contribution in [2.24, 2.45) is 0 Å². The molecule has 170 valence electrons. The lowest BCUT2D eigenvalue weighted by Crippen LogP contribution is -2.38. The quantitative estimate of drug-likeness (QED) is 0.387. The van der Waals surface area contributed by atoms with Crippen LogP contribution >= 0.6 is 22.7 Å². The lowest BCUT2D eigenvalue weighted by atomic mass is 9.96. The number of piperidine rings is 1. The van der Waals surface area contributed by atoms with E-state index in [4.69, 9.17) is 4.98 Å². The highest BCUT2D eigenvalue weighted by Gasteiger charge is 2.28. The van der Waals surface area contributed by atoms with Gasteiger partial charge in [0.15, 0.2) is 5.82 Å². The molecule has 5 heterocycles. The van der Waals surface area contributed by atoms with Gasteiger partial charge < -0.3 is 9.88 Å². The van der Waals surface area contributed by atoms with E-state index in [2.05, 4.69) is 27.1 Å². The minimum Gasteiger partial charge on any atom is -0.339 e. The molecule has 1 aliphatic heterocycles. The molecule has 5 aromatic rings. The Balaban J connectivity index is 1.23. The van der Waals surface area contributed by atoms with Crippen LogP contribution in [0.5, 0.6) is 0 Å². The van der Waals surface area contributed by atoms with Gasteiger partial charge in [0, 0.05) is 30.8 Å². The monoisotopic (exact) mass is 487 g/mol. The molecule has 1 aromatic carbocycles. The molecule has 7 nitrogen and oxygen atoms in total. The number of thiazole rings is 1. The first-order chi connectivity index (χ1) is 16.6. The van der Waals surface area contributed by atoms with Crippen LogP contribution < -0.4 is 5.56 Å². The Bertz CT molecular complexity index is 1560. The fraction of sp³-hybridized carbons (Fsp3) is 0.240. The van der Waals surface area contributed by atoms with Gasteiger partial charge in [0.1, 0.15) is 10.4 Å². The Labute approximate surface area is 203 Å². The van der Waals surface area contributed by atoms with Crippen molar-refractivity contribution in [3.05, 3.63) is 74.5 Å². The van der Waals surface area contributed by atoms with Crippen molar-refractivity contribution in [3.63, 3.8) is 0 Å². The molecule has 0 aliphatic carbocycles. The predicted molar refractivity (Wildman–Crippen MR) is 136 cm³/mol. The maximum absolute atomic E-state index is 13.4. The van der Waals surface area contributed by atoms with E-state index in [1.54, 1.807) is 23.6 Å². The number of hydrogen-bond acceptors (Lipinski definition) is 7. The summed E-state index contributed by atoms with van der Waals surface area (Å²) in [6.07, 6.45) is 3.40. The van der Waals surface area contributed by atoms with Crippen LogP contribution in [0, 0.1) is 6.92 Å². The van der Waals surface area contributed by atoms with Gasteiger partial charge in [-0.3, -0.25) is 14.6 Å².